The summed E-state index contributed by atoms with van der Waals surface area (Å²) in [6.07, 6.45) is 2.22. The SMILES string of the molecule is C[C@@H](C=C(Br)Br)[C@@H]1COC(C)(C)O1. The van der Waals surface area contributed by atoms with Gasteiger partial charge in [0.15, 0.2) is 5.79 Å². The van der Waals surface area contributed by atoms with Crippen LogP contribution in [0.5, 0.6) is 0 Å². The monoisotopic (exact) mass is 312 g/mol. The minimum atomic E-state index is -0.425. The van der Waals surface area contributed by atoms with E-state index < -0.39 is 5.79 Å². The molecule has 4 heteroatoms. The van der Waals surface area contributed by atoms with E-state index in [2.05, 4.69) is 44.9 Å². The highest BCUT2D eigenvalue weighted by Crippen LogP contribution is 2.29. The van der Waals surface area contributed by atoms with E-state index in [0.717, 1.165) is 3.39 Å². The predicted molar refractivity (Wildman–Crippen MR) is 60.0 cm³/mol. The van der Waals surface area contributed by atoms with Gasteiger partial charge in [0, 0.05) is 5.92 Å². The van der Waals surface area contributed by atoms with Gasteiger partial charge in [-0.2, -0.15) is 0 Å². The van der Waals surface area contributed by atoms with Crippen molar-refractivity contribution in [1.29, 1.82) is 0 Å². The molecule has 0 radical (unpaired) electrons. The third kappa shape index (κ3) is 3.70. The number of hydrogen-bond donors (Lipinski definition) is 0. The largest absolute Gasteiger partial charge is 0.348 e. The van der Waals surface area contributed by atoms with Crippen LogP contribution in [0.2, 0.25) is 0 Å². The zero-order valence-corrected chi connectivity index (χ0v) is 11.2. The Labute approximate surface area is 95.9 Å². The van der Waals surface area contributed by atoms with E-state index >= 15 is 0 Å². The van der Waals surface area contributed by atoms with Crippen molar-refractivity contribution in [3.63, 3.8) is 0 Å². The molecule has 1 rings (SSSR count). The molecular formula is C9H14Br2O2. The van der Waals surface area contributed by atoms with Gasteiger partial charge in [0.25, 0.3) is 0 Å². The van der Waals surface area contributed by atoms with Gasteiger partial charge in [-0.1, -0.05) is 13.0 Å². The molecule has 13 heavy (non-hydrogen) atoms. The fourth-order valence-corrected chi connectivity index (χ4v) is 2.11. The van der Waals surface area contributed by atoms with Crippen molar-refractivity contribution < 1.29 is 9.47 Å². The maximum Gasteiger partial charge on any atom is 0.163 e. The summed E-state index contributed by atoms with van der Waals surface area (Å²) in [5.41, 5.74) is 0. The quantitative estimate of drug-likeness (QED) is 0.778. The minimum Gasteiger partial charge on any atom is -0.348 e. The third-order valence-corrected chi connectivity index (χ3v) is 2.53. The maximum atomic E-state index is 5.70. The van der Waals surface area contributed by atoms with Crippen LogP contribution < -0.4 is 0 Å². The molecule has 76 valence electrons. The molecule has 1 aliphatic rings. The smallest absolute Gasteiger partial charge is 0.163 e. The van der Waals surface area contributed by atoms with Crippen LogP contribution >= 0.6 is 31.9 Å². The van der Waals surface area contributed by atoms with Gasteiger partial charge in [-0.05, 0) is 45.7 Å². The third-order valence-electron chi connectivity index (χ3n) is 2.01. The van der Waals surface area contributed by atoms with Crippen LogP contribution in [-0.2, 0) is 9.47 Å². The molecule has 0 spiro atoms. The highest BCUT2D eigenvalue weighted by Gasteiger charge is 2.34. The average molecular weight is 314 g/mol. The number of halogens is 2. The number of rotatable bonds is 2. The van der Waals surface area contributed by atoms with Crippen molar-refractivity contribution in [2.24, 2.45) is 5.92 Å². The van der Waals surface area contributed by atoms with Crippen molar-refractivity contribution in [1.82, 2.24) is 0 Å². The highest BCUT2D eigenvalue weighted by atomic mass is 79.9. The Kier molecular flexibility index (Phi) is 3.98. The van der Waals surface area contributed by atoms with Gasteiger partial charge in [0.2, 0.25) is 0 Å². The molecular weight excluding hydrogens is 300 g/mol. The lowest BCUT2D eigenvalue weighted by atomic mass is 10.1. The van der Waals surface area contributed by atoms with Gasteiger partial charge in [-0.25, -0.2) is 0 Å². The molecule has 0 bridgehead atoms. The number of ether oxygens (including phenoxy) is 2. The molecule has 2 nitrogen and oxygen atoms in total. The fourth-order valence-electron chi connectivity index (χ4n) is 1.28. The zero-order valence-electron chi connectivity index (χ0n) is 8.01. The van der Waals surface area contributed by atoms with E-state index in [9.17, 15) is 0 Å². The van der Waals surface area contributed by atoms with Crippen LogP contribution in [0.4, 0.5) is 0 Å². The summed E-state index contributed by atoms with van der Waals surface area (Å²) < 4.78 is 12.1. The first kappa shape index (κ1) is 11.7. The second kappa shape index (κ2) is 4.43. The van der Waals surface area contributed by atoms with Gasteiger partial charge in [-0.3, -0.25) is 0 Å². The fraction of sp³-hybridized carbons (Fsp3) is 0.778. The van der Waals surface area contributed by atoms with E-state index in [1.165, 1.54) is 0 Å². The summed E-state index contributed by atoms with van der Waals surface area (Å²) in [6, 6.07) is 0. The van der Waals surface area contributed by atoms with E-state index in [1.54, 1.807) is 0 Å². The van der Waals surface area contributed by atoms with E-state index in [4.69, 9.17) is 9.47 Å². The Hall–Kier alpha value is 0.620. The van der Waals surface area contributed by atoms with E-state index in [1.807, 2.05) is 13.8 Å². The summed E-state index contributed by atoms with van der Waals surface area (Å²) in [4.78, 5) is 0. The molecule has 2 atom stereocenters. The second-order valence-electron chi connectivity index (χ2n) is 3.68. The summed E-state index contributed by atoms with van der Waals surface area (Å²) in [5, 5.41) is 0. The van der Waals surface area contributed by atoms with Gasteiger partial charge in [-0.15, -0.1) is 0 Å². The standard InChI is InChI=1S/C9H14Br2O2/c1-6(4-8(10)11)7-5-12-9(2,3)13-7/h4,6-7H,5H2,1-3H3/t6-,7-/m0/s1. The summed E-state index contributed by atoms with van der Waals surface area (Å²) in [7, 11) is 0. The van der Waals surface area contributed by atoms with Crippen LogP contribution in [0.3, 0.4) is 0 Å². The van der Waals surface area contributed by atoms with Crippen LogP contribution in [0, 0.1) is 5.92 Å². The molecule has 0 amide bonds. The lowest BCUT2D eigenvalue weighted by Gasteiger charge is -2.19. The van der Waals surface area contributed by atoms with Gasteiger partial charge < -0.3 is 9.47 Å². The Morgan fingerprint density at radius 2 is 2.15 bits per heavy atom. The number of hydrogen-bond acceptors (Lipinski definition) is 2. The zero-order chi connectivity index (χ0) is 10.1. The molecule has 0 saturated carbocycles. The van der Waals surface area contributed by atoms with Crippen LogP contribution in [0.15, 0.2) is 9.47 Å². The van der Waals surface area contributed by atoms with E-state index in [0.29, 0.717) is 12.5 Å². The summed E-state index contributed by atoms with van der Waals surface area (Å²) in [6.45, 7) is 6.65. The van der Waals surface area contributed by atoms with Crippen molar-refractivity contribution in [3.8, 4) is 0 Å². The van der Waals surface area contributed by atoms with Crippen LogP contribution in [0.1, 0.15) is 20.8 Å². The highest BCUT2D eigenvalue weighted by molar-refractivity contribution is 9.28. The molecule has 0 N–H and O–H groups in total. The molecule has 1 heterocycles. The molecule has 1 saturated heterocycles. The van der Waals surface area contributed by atoms with E-state index in [-0.39, 0.29) is 6.10 Å². The molecule has 0 aliphatic carbocycles. The van der Waals surface area contributed by atoms with Gasteiger partial charge in [0.05, 0.1) is 16.1 Å². The normalized spacial score (nSPS) is 28.5. The van der Waals surface area contributed by atoms with Crippen molar-refractivity contribution in [3.05, 3.63) is 9.47 Å². The van der Waals surface area contributed by atoms with Crippen LogP contribution in [-0.4, -0.2) is 18.5 Å². The molecule has 0 aromatic heterocycles. The van der Waals surface area contributed by atoms with Crippen molar-refractivity contribution in [2.75, 3.05) is 6.61 Å². The molecule has 1 fully saturated rings. The predicted octanol–water partition coefficient (Wildman–Crippen LogP) is 3.41. The van der Waals surface area contributed by atoms with Crippen molar-refractivity contribution >= 4 is 31.9 Å². The second-order valence-corrected chi connectivity index (χ2v) is 6.46. The lowest BCUT2D eigenvalue weighted by Crippen LogP contribution is -2.24. The molecule has 0 aromatic rings. The molecule has 0 aromatic carbocycles. The Morgan fingerprint density at radius 1 is 1.54 bits per heavy atom. The molecule has 0 unspecified atom stereocenters. The first-order chi connectivity index (χ1) is 5.91. The Morgan fingerprint density at radius 3 is 2.54 bits per heavy atom. The average Bonchev–Trinajstić information content (AvgIpc) is 2.28. The first-order valence-electron chi connectivity index (χ1n) is 4.25. The lowest BCUT2D eigenvalue weighted by molar-refractivity contribution is -0.141. The summed E-state index contributed by atoms with van der Waals surface area (Å²) >= 11 is 6.66. The Balaban J connectivity index is 2.51. The molecule has 1 aliphatic heterocycles. The maximum absolute atomic E-state index is 5.70. The summed E-state index contributed by atoms with van der Waals surface area (Å²) in [5.74, 6) is -0.0820. The first-order valence-corrected chi connectivity index (χ1v) is 5.84. The Bertz CT molecular complexity index is 210. The van der Waals surface area contributed by atoms with Crippen molar-refractivity contribution in [2.45, 2.75) is 32.7 Å². The van der Waals surface area contributed by atoms with Gasteiger partial charge in [0.1, 0.15) is 0 Å². The van der Waals surface area contributed by atoms with Crippen LogP contribution in [0.25, 0.3) is 0 Å². The topological polar surface area (TPSA) is 18.5 Å². The minimum absolute atomic E-state index is 0.153. The van der Waals surface area contributed by atoms with Gasteiger partial charge >= 0.3 is 0 Å².